The first-order chi connectivity index (χ1) is 12.9. The average Bonchev–Trinajstić information content (AvgIpc) is 3.19. The second-order valence-corrected chi connectivity index (χ2v) is 7.26. The molecule has 1 aromatic carbocycles. The van der Waals surface area contributed by atoms with Gasteiger partial charge in [-0.25, -0.2) is 18.9 Å². The molecule has 0 atom stereocenters. The maximum atomic E-state index is 12.6. The highest BCUT2D eigenvalue weighted by Gasteiger charge is 2.17. The number of benzene rings is 1. The van der Waals surface area contributed by atoms with E-state index in [0.29, 0.717) is 21.7 Å². The molecule has 0 spiro atoms. The number of aryl methyl sites for hydroxylation is 1. The molecule has 0 radical (unpaired) electrons. The molecule has 0 fully saturated rings. The molecule has 1 amide bonds. The van der Waals surface area contributed by atoms with E-state index in [-0.39, 0.29) is 12.5 Å². The van der Waals surface area contributed by atoms with Crippen molar-refractivity contribution in [3.63, 3.8) is 0 Å². The minimum absolute atomic E-state index is 0.185. The molecule has 4 rings (SSSR count). The standard InChI is InChI=1S/C17H17N7O2S/c1-10-6-4-5-7-11(10)19-12(25)8-24-17(26)23-9-18-14-13(15(23)21-24)27-16(20-14)22(2)3/h4-7,9H,8H2,1-3H3,(H,19,25). The van der Waals surface area contributed by atoms with Crippen LogP contribution in [0.25, 0.3) is 16.0 Å². The van der Waals surface area contributed by atoms with Crippen LogP contribution in [-0.2, 0) is 11.3 Å². The van der Waals surface area contributed by atoms with Crippen molar-refractivity contribution in [3.05, 3.63) is 46.6 Å². The maximum Gasteiger partial charge on any atom is 0.352 e. The van der Waals surface area contributed by atoms with E-state index in [1.165, 1.54) is 22.1 Å². The summed E-state index contributed by atoms with van der Waals surface area (Å²) >= 11 is 1.40. The molecule has 3 aromatic heterocycles. The lowest BCUT2D eigenvalue weighted by atomic mass is 10.2. The summed E-state index contributed by atoms with van der Waals surface area (Å²) in [6.07, 6.45) is 1.39. The minimum Gasteiger partial charge on any atom is -0.354 e. The molecule has 9 nitrogen and oxygen atoms in total. The van der Waals surface area contributed by atoms with E-state index in [1.807, 2.05) is 50.2 Å². The van der Waals surface area contributed by atoms with Crippen molar-refractivity contribution >= 4 is 44.1 Å². The van der Waals surface area contributed by atoms with E-state index in [4.69, 9.17) is 0 Å². The van der Waals surface area contributed by atoms with Crippen molar-refractivity contribution in [2.24, 2.45) is 0 Å². The number of hydrogen-bond donors (Lipinski definition) is 1. The summed E-state index contributed by atoms with van der Waals surface area (Å²) in [7, 11) is 3.77. The van der Waals surface area contributed by atoms with Gasteiger partial charge >= 0.3 is 5.69 Å². The van der Waals surface area contributed by atoms with Crippen molar-refractivity contribution in [3.8, 4) is 0 Å². The topological polar surface area (TPSA) is 97.4 Å². The van der Waals surface area contributed by atoms with Gasteiger partial charge in [-0.3, -0.25) is 4.79 Å². The molecular weight excluding hydrogens is 366 g/mol. The van der Waals surface area contributed by atoms with E-state index in [0.717, 1.165) is 15.4 Å². The second-order valence-electron chi connectivity index (χ2n) is 6.29. The van der Waals surface area contributed by atoms with Crippen molar-refractivity contribution < 1.29 is 4.79 Å². The molecule has 0 aliphatic rings. The number of carbonyl (C=O) groups is 1. The second kappa shape index (κ2) is 6.47. The molecule has 27 heavy (non-hydrogen) atoms. The Morgan fingerprint density at radius 3 is 2.81 bits per heavy atom. The van der Waals surface area contributed by atoms with Gasteiger partial charge in [-0.15, -0.1) is 5.10 Å². The van der Waals surface area contributed by atoms with E-state index in [2.05, 4.69) is 20.4 Å². The van der Waals surface area contributed by atoms with Gasteiger partial charge in [-0.2, -0.15) is 4.98 Å². The summed E-state index contributed by atoms with van der Waals surface area (Å²) in [5.74, 6) is -0.322. The SMILES string of the molecule is Cc1ccccc1NC(=O)Cn1nc2c3sc(N(C)C)nc3ncn2c1=O. The molecule has 0 bridgehead atoms. The van der Waals surface area contributed by atoms with E-state index in [1.54, 1.807) is 0 Å². The molecule has 4 aromatic rings. The Hall–Kier alpha value is -3.27. The lowest BCUT2D eigenvalue weighted by Gasteiger charge is -2.07. The monoisotopic (exact) mass is 383 g/mol. The first kappa shape index (κ1) is 17.2. The number of para-hydroxylation sites is 1. The van der Waals surface area contributed by atoms with Gasteiger partial charge in [0.25, 0.3) is 0 Å². The van der Waals surface area contributed by atoms with E-state index in [9.17, 15) is 9.59 Å². The quantitative estimate of drug-likeness (QED) is 0.574. The van der Waals surface area contributed by atoms with Crippen LogP contribution < -0.4 is 15.9 Å². The molecule has 0 saturated heterocycles. The van der Waals surface area contributed by atoms with Gasteiger partial charge in [0.05, 0.1) is 0 Å². The largest absolute Gasteiger partial charge is 0.354 e. The first-order valence-electron chi connectivity index (χ1n) is 8.21. The molecule has 0 aliphatic carbocycles. The highest BCUT2D eigenvalue weighted by Crippen LogP contribution is 2.28. The van der Waals surface area contributed by atoms with Crippen molar-refractivity contribution in [2.45, 2.75) is 13.5 Å². The third kappa shape index (κ3) is 3.04. The van der Waals surface area contributed by atoms with Crippen LogP contribution in [0.5, 0.6) is 0 Å². The van der Waals surface area contributed by atoms with Crippen LogP contribution in [0.1, 0.15) is 5.56 Å². The van der Waals surface area contributed by atoms with Crippen molar-refractivity contribution in [1.29, 1.82) is 0 Å². The Kier molecular flexibility index (Phi) is 4.11. The number of aromatic nitrogens is 5. The Morgan fingerprint density at radius 2 is 2.07 bits per heavy atom. The van der Waals surface area contributed by atoms with Gasteiger partial charge in [0.2, 0.25) is 5.91 Å². The molecule has 0 aliphatic heterocycles. The van der Waals surface area contributed by atoms with E-state index < -0.39 is 5.69 Å². The zero-order valence-electron chi connectivity index (χ0n) is 15.0. The zero-order chi connectivity index (χ0) is 19.1. The van der Waals surface area contributed by atoms with Gasteiger partial charge in [0.15, 0.2) is 16.4 Å². The van der Waals surface area contributed by atoms with Crippen LogP contribution in [0.15, 0.2) is 35.4 Å². The smallest absolute Gasteiger partial charge is 0.352 e. The maximum absolute atomic E-state index is 12.6. The van der Waals surface area contributed by atoms with Crippen molar-refractivity contribution in [2.75, 3.05) is 24.3 Å². The summed E-state index contributed by atoms with van der Waals surface area (Å²) in [5.41, 5.74) is 2.21. The van der Waals surface area contributed by atoms with Crippen molar-refractivity contribution in [1.82, 2.24) is 24.1 Å². The van der Waals surface area contributed by atoms with Crippen LogP contribution in [0, 0.1) is 6.92 Å². The fourth-order valence-electron chi connectivity index (χ4n) is 2.66. The number of carbonyl (C=O) groups excluding carboxylic acids is 1. The van der Waals surface area contributed by atoms with Gasteiger partial charge in [-0.05, 0) is 18.6 Å². The highest BCUT2D eigenvalue weighted by atomic mass is 32.1. The molecule has 138 valence electrons. The Balaban J connectivity index is 1.69. The number of rotatable bonds is 4. The fraction of sp³-hybridized carbons (Fsp3) is 0.235. The summed E-state index contributed by atoms with van der Waals surface area (Å²) < 4.78 is 3.18. The number of nitrogens with one attached hydrogen (secondary N) is 1. The molecule has 1 N–H and O–H groups in total. The number of hydrogen-bond acceptors (Lipinski definition) is 7. The average molecular weight is 383 g/mol. The predicted molar refractivity (Wildman–Crippen MR) is 105 cm³/mol. The Morgan fingerprint density at radius 1 is 1.30 bits per heavy atom. The number of thiazole rings is 1. The molecule has 0 saturated carbocycles. The highest BCUT2D eigenvalue weighted by molar-refractivity contribution is 7.22. The predicted octanol–water partition coefficient (Wildman–Crippen LogP) is 1.51. The summed E-state index contributed by atoms with van der Waals surface area (Å²) in [5, 5.41) is 7.91. The van der Waals surface area contributed by atoms with Gasteiger partial charge in [0.1, 0.15) is 17.6 Å². The Bertz CT molecular complexity index is 1220. The number of anilines is 2. The molecule has 3 heterocycles. The van der Waals surface area contributed by atoms with Crippen LogP contribution in [0.3, 0.4) is 0 Å². The van der Waals surface area contributed by atoms with Crippen LogP contribution in [-0.4, -0.2) is 44.2 Å². The molecule has 0 unspecified atom stereocenters. The van der Waals surface area contributed by atoms with Gasteiger partial charge in [-0.1, -0.05) is 29.5 Å². The molecular formula is C17H17N7O2S. The third-order valence-corrected chi connectivity index (χ3v) is 5.27. The third-order valence-electron chi connectivity index (χ3n) is 4.06. The summed E-state index contributed by atoms with van der Waals surface area (Å²) in [4.78, 5) is 35.5. The van der Waals surface area contributed by atoms with Crippen LogP contribution >= 0.6 is 11.3 Å². The fourth-order valence-corrected chi connectivity index (χ4v) is 3.58. The number of fused-ring (bicyclic) bond motifs is 3. The molecule has 10 heteroatoms. The normalized spacial score (nSPS) is 11.2. The first-order valence-corrected chi connectivity index (χ1v) is 9.03. The van der Waals surface area contributed by atoms with E-state index >= 15 is 0 Å². The van der Waals surface area contributed by atoms with Crippen LogP contribution in [0.2, 0.25) is 0 Å². The zero-order valence-corrected chi connectivity index (χ0v) is 15.8. The lowest BCUT2D eigenvalue weighted by Crippen LogP contribution is -2.28. The lowest BCUT2D eigenvalue weighted by molar-refractivity contribution is -0.117. The van der Waals surface area contributed by atoms with Crippen LogP contribution in [0.4, 0.5) is 10.8 Å². The summed E-state index contributed by atoms with van der Waals surface area (Å²) in [6, 6.07) is 7.45. The van der Waals surface area contributed by atoms with Gasteiger partial charge < -0.3 is 10.2 Å². The number of nitrogens with zero attached hydrogens (tertiary/aromatic N) is 6. The minimum atomic E-state index is -0.417. The number of amides is 1. The Labute approximate surface area is 157 Å². The summed E-state index contributed by atoms with van der Waals surface area (Å²) in [6.45, 7) is 1.72. The van der Waals surface area contributed by atoms with Gasteiger partial charge in [0, 0.05) is 19.8 Å².